The van der Waals surface area contributed by atoms with Gasteiger partial charge in [-0.15, -0.1) is 11.6 Å². The van der Waals surface area contributed by atoms with Crippen LogP contribution < -0.4 is 0 Å². The van der Waals surface area contributed by atoms with Crippen molar-refractivity contribution in [3.05, 3.63) is 28.8 Å². The second kappa shape index (κ2) is 5.86. The van der Waals surface area contributed by atoms with E-state index in [1.54, 1.807) is 0 Å². The van der Waals surface area contributed by atoms with E-state index in [2.05, 4.69) is 9.72 Å². The Morgan fingerprint density at radius 1 is 1.59 bits per heavy atom. The summed E-state index contributed by atoms with van der Waals surface area (Å²) in [5.74, 6) is -2.14. The molecular weight excluding hydrogens is 259 g/mol. The largest absolute Gasteiger partial charge is 0.469 e. The van der Waals surface area contributed by atoms with Crippen molar-refractivity contribution in [2.24, 2.45) is 0 Å². The van der Waals surface area contributed by atoms with Crippen molar-refractivity contribution < 1.29 is 22.7 Å². The first kappa shape index (κ1) is 13.8. The standard InChI is InChI=1S/C10H9ClF3NO2/c1-17-8(16)2-7-5(3-11)9(10(13)14)6(12)4-15-7/h4,10H,2-3H2,1H3. The summed E-state index contributed by atoms with van der Waals surface area (Å²) in [6.45, 7) is 0. The number of pyridine rings is 1. The number of alkyl halides is 3. The summed E-state index contributed by atoms with van der Waals surface area (Å²) in [7, 11) is 1.15. The molecule has 0 saturated heterocycles. The van der Waals surface area contributed by atoms with Gasteiger partial charge in [-0.1, -0.05) is 0 Å². The van der Waals surface area contributed by atoms with Gasteiger partial charge in [0, 0.05) is 11.4 Å². The number of nitrogens with zero attached hydrogens (tertiary/aromatic N) is 1. The molecule has 17 heavy (non-hydrogen) atoms. The lowest BCUT2D eigenvalue weighted by Gasteiger charge is -2.11. The maximum absolute atomic E-state index is 13.2. The Morgan fingerprint density at radius 2 is 2.24 bits per heavy atom. The highest BCUT2D eigenvalue weighted by Gasteiger charge is 2.22. The number of hydrogen-bond donors (Lipinski definition) is 0. The molecule has 0 aromatic carbocycles. The van der Waals surface area contributed by atoms with E-state index in [0.29, 0.717) is 6.20 Å². The molecule has 1 rings (SSSR count). The highest BCUT2D eigenvalue weighted by molar-refractivity contribution is 6.17. The molecule has 1 heterocycles. The predicted molar refractivity (Wildman–Crippen MR) is 54.4 cm³/mol. The second-order valence-corrected chi connectivity index (χ2v) is 3.40. The van der Waals surface area contributed by atoms with Crippen LogP contribution in [0.5, 0.6) is 0 Å². The third-order valence-corrected chi connectivity index (χ3v) is 2.42. The second-order valence-electron chi connectivity index (χ2n) is 3.13. The minimum atomic E-state index is -3.01. The molecule has 94 valence electrons. The number of halogens is 4. The van der Waals surface area contributed by atoms with Gasteiger partial charge < -0.3 is 4.74 Å². The van der Waals surface area contributed by atoms with E-state index in [4.69, 9.17) is 11.6 Å². The Kier molecular flexibility index (Phi) is 4.74. The van der Waals surface area contributed by atoms with Crippen molar-refractivity contribution in [2.75, 3.05) is 7.11 Å². The molecule has 0 N–H and O–H groups in total. The van der Waals surface area contributed by atoms with Gasteiger partial charge in [-0.2, -0.15) is 0 Å². The van der Waals surface area contributed by atoms with Gasteiger partial charge in [-0.3, -0.25) is 9.78 Å². The maximum Gasteiger partial charge on any atom is 0.311 e. The van der Waals surface area contributed by atoms with Crippen molar-refractivity contribution >= 4 is 17.6 Å². The fourth-order valence-electron chi connectivity index (χ4n) is 1.33. The lowest BCUT2D eigenvalue weighted by molar-refractivity contribution is -0.139. The fraction of sp³-hybridized carbons (Fsp3) is 0.400. The van der Waals surface area contributed by atoms with Crippen LogP contribution in [0, 0.1) is 5.82 Å². The molecule has 0 radical (unpaired) electrons. The Morgan fingerprint density at radius 3 is 2.71 bits per heavy atom. The zero-order chi connectivity index (χ0) is 13.0. The lowest BCUT2D eigenvalue weighted by Crippen LogP contribution is -2.11. The molecular formula is C10H9ClF3NO2. The van der Waals surface area contributed by atoms with Gasteiger partial charge in [-0.05, 0) is 0 Å². The molecule has 0 aliphatic carbocycles. The molecule has 0 atom stereocenters. The number of rotatable bonds is 4. The molecule has 0 unspecified atom stereocenters. The molecule has 0 aliphatic rings. The first-order valence-electron chi connectivity index (χ1n) is 4.58. The van der Waals surface area contributed by atoms with E-state index < -0.39 is 23.8 Å². The Hall–Kier alpha value is -1.30. The number of methoxy groups -OCH3 is 1. The molecule has 0 aliphatic heterocycles. The minimum absolute atomic E-state index is 0.00329. The summed E-state index contributed by atoms with van der Waals surface area (Å²) in [5, 5.41) is 0. The zero-order valence-electron chi connectivity index (χ0n) is 8.84. The van der Waals surface area contributed by atoms with Crippen LogP contribution in [0.15, 0.2) is 6.20 Å². The normalized spacial score (nSPS) is 10.7. The maximum atomic E-state index is 13.2. The molecule has 0 amide bonds. The Balaban J connectivity index is 3.23. The number of esters is 1. The van der Waals surface area contributed by atoms with Crippen molar-refractivity contribution in [1.82, 2.24) is 4.98 Å². The molecule has 7 heteroatoms. The Labute approximate surface area is 101 Å². The van der Waals surface area contributed by atoms with Crippen LogP contribution in [0.1, 0.15) is 23.2 Å². The van der Waals surface area contributed by atoms with Crippen LogP contribution in [-0.2, 0) is 21.8 Å². The summed E-state index contributed by atoms with van der Waals surface area (Å²) >= 11 is 5.49. The SMILES string of the molecule is COC(=O)Cc1ncc(F)c(C(F)F)c1CCl. The molecule has 0 saturated carbocycles. The molecule has 1 aromatic rings. The average molecular weight is 268 g/mol. The van der Waals surface area contributed by atoms with Crippen LogP contribution >= 0.6 is 11.6 Å². The zero-order valence-corrected chi connectivity index (χ0v) is 9.60. The number of aromatic nitrogens is 1. The number of carbonyl (C=O) groups excluding carboxylic acids is 1. The topological polar surface area (TPSA) is 39.2 Å². The van der Waals surface area contributed by atoms with Gasteiger partial charge >= 0.3 is 5.97 Å². The summed E-state index contributed by atoms with van der Waals surface area (Å²) < 4.78 is 42.8. The van der Waals surface area contributed by atoms with Gasteiger partial charge in [0.2, 0.25) is 0 Å². The van der Waals surface area contributed by atoms with Crippen LogP contribution in [0.25, 0.3) is 0 Å². The molecule has 0 fully saturated rings. The molecule has 0 spiro atoms. The number of carbonyl (C=O) groups is 1. The van der Waals surface area contributed by atoms with Crippen molar-refractivity contribution in [3.8, 4) is 0 Å². The third-order valence-electron chi connectivity index (χ3n) is 2.16. The van der Waals surface area contributed by atoms with E-state index in [1.807, 2.05) is 0 Å². The lowest BCUT2D eigenvalue weighted by atomic mass is 10.1. The van der Waals surface area contributed by atoms with E-state index in [9.17, 15) is 18.0 Å². The highest BCUT2D eigenvalue weighted by atomic mass is 35.5. The smallest absolute Gasteiger partial charge is 0.311 e. The van der Waals surface area contributed by atoms with Crippen LogP contribution in [0.3, 0.4) is 0 Å². The molecule has 1 aromatic heterocycles. The summed E-state index contributed by atoms with van der Waals surface area (Å²) in [5.41, 5.74) is -0.968. The number of hydrogen-bond acceptors (Lipinski definition) is 3. The highest BCUT2D eigenvalue weighted by Crippen LogP contribution is 2.28. The summed E-state index contributed by atoms with van der Waals surface area (Å²) in [6, 6.07) is 0. The van der Waals surface area contributed by atoms with Gasteiger partial charge in [0.25, 0.3) is 6.43 Å². The van der Waals surface area contributed by atoms with E-state index >= 15 is 0 Å². The average Bonchev–Trinajstić information content (AvgIpc) is 2.30. The van der Waals surface area contributed by atoms with E-state index in [1.165, 1.54) is 0 Å². The monoisotopic (exact) mass is 267 g/mol. The van der Waals surface area contributed by atoms with E-state index in [0.717, 1.165) is 7.11 Å². The van der Waals surface area contributed by atoms with Gasteiger partial charge in [0.15, 0.2) is 5.82 Å². The minimum Gasteiger partial charge on any atom is -0.469 e. The van der Waals surface area contributed by atoms with Crippen LogP contribution in [-0.4, -0.2) is 18.1 Å². The van der Waals surface area contributed by atoms with Crippen LogP contribution in [0.4, 0.5) is 13.2 Å². The first-order valence-corrected chi connectivity index (χ1v) is 5.11. The van der Waals surface area contributed by atoms with E-state index in [-0.39, 0.29) is 23.6 Å². The van der Waals surface area contributed by atoms with Crippen molar-refractivity contribution in [3.63, 3.8) is 0 Å². The molecule has 3 nitrogen and oxygen atoms in total. The van der Waals surface area contributed by atoms with Gasteiger partial charge in [-0.25, -0.2) is 13.2 Å². The first-order chi connectivity index (χ1) is 8.01. The summed E-state index contributed by atoms with van der Waals surface area (Å²) in [6.07, 6.45) is -2.68. The van der Waals surface area contributed by atoms with Gasteiger partial charge in [0.05, 0.1) is 31.0 Å². The van der Waals surface area contributed by atoms with Crippen molar-refractivity contribution in [1.29, 1.82) is 0 Å². The van der Waals surface area contributed by atoms with Gasteiger partial charge in [0.1, 0.15) is 0 Å². The quantitative estimate of drug-likeness (QED) is 0.622. The predicted octanol–water partition coefficient (Wildman–Crippen LogP) is 2.61. The fourth-order valence-corrected chi connectivity index (χ4v) is 1.63. The summed E-state index contributed by atoms with van der Waals surface area (Å²) in [4.78, 5) is 14.6. The van der Waals surface area contributed by atoms with Crippen molar-refractivity contribution in [2.45, 2.75) is 18.7 Å². The van der Waals surface area contributed by atoms with Crippen LogP contribution in [0.2, 0.25) is 0 Å². The number of ether oxygens (including phenoxy) is 1. The molecule has 0 bridgehead atoms. The Bertz CT molecular complexity index is 426. The third kappa shape index (κ3) is 3.09.